The molecule has 3 rings (SSSR count). The van der Waals surface area contributed by atoms with Gasteiger partial charge in [0.25, 0.3) is 0 Å². The number of aryl methyl sites for hydroxylation is 1. The third-order valence-corrected chi connectivity index (χ3v) is 5.02. The van der Waals surface area contributed by atoms with E-state index in [1.165, 1.54) is 0 Å². The lowest BCUT2D eigenvalue weighted by Crippen LogP contribution is -2.45. The summed E-state index contributed by atoms with van der Waals surface area (Å²) < 4.78 is 16.6. The van der Waals surface area contributed by atoms with Gasteiger partial charge in [-0.15, -0.1) is 0 Å². The van der Waals surface area contributed by atoms with Crippen molar-refractivity contribution < 1.29 is 23.5 Å². The lowest BCUT2D eigenvalue weighted by atomic mass is 10.1. The Morgan fingerprint density at radius 2 is 1.71 bits per heavy atom. The fourth-order valence-corrected chi connectivity index (χ4v) is 3.55. The van der Waals surface area contributed by atoms with Crippen LogP contribution < -0.4 is 9.47 Å². The molecule has 1 aromatic carbocycles. The molecule has 1 aliphatic rings. The molecule has 0 unspecified atom stereocenters. The Morgan fingerprint density at radius 3 is 2.35 bits per heavy atom. The van der Waals surface area contributed by atoms with Crippen molar-refractivity contribution in [1.29, 1.82) is 0 Å². The molecule has 0 bridgehead atoms. The van der Waals surface area contributed by atoms with Crippen molar-refractivity contribution in [2.24, 2.45) is 11.8 Å². The van der Waals surface area contributed by atoms with Crippen LogP contribution in [0.5, 0.6) is 11.5 Å². The summed E-state index contributed by atoms with van der Waals surface area (Å²) in [7, 11) is 0. The average Bonchev–Trinajstić information content (AvgIpc) is 3.34. The Kier molecular flexibility index (Phi) is 7.25. The van der Waals surface area contributed by atoms with Crippen molar-refractivity contribution in [3.63, 3.8) is 0 Å². The zero-order valence-corrected chi connectivity index (χ0v) is 19.0. The van der Waals surface area contributed by atoms with Crippen LogP contribution in [0.3, 0.4) is 0 Å². The third kappa shape index (κ3) is 6.03. The number of benzene rings is 1. The van der Waals surface area contributed by atoms with Gasteiger partial charge in [-0.1, -0.05) is 33.8 Å². The highest BCUT2D eigenvalue weighted by molar-refractivity contribution is 5.85. The maximum absolute atomic E-state index is 13.3. The molecule has 1 aliphatic heterocycles. The predicted molar refractivity (Wildman–Crippen MR) is 117 cm³/mol. The highest BCUT2D eigenvalue weighted by Crippen LogP contribution is 2.33. The minimum absolute atomic E-state index is 0.0149. The van der Waals surface area contributed by atoms with Crippen LogP contribution in [0, 0.1) is 18.8 Å². The average molecular weight is 429 g/mol. The van der Waals surface area contributed by atoms with E-state index in [0.717, 1.165) is 11.3 Å². The molecular weight excluding hydrogens is 396 g/mol. The first-order chi connectivity index (χ1) is 14.7. The van der Waals surface area contributed by atoms with Crippen molar-refractivity contribution in [2.75, 3.05) is 19.9 Å². The molecule has 168 valence electrons. The van der Waals surface area contributed by atoms with E-state index in [2.05, 4.69) is 0 Å². The van der Waals surface area contributed by atoms with Crippen LogP contribution in [0.4, 0.5) is 0 Å². The fraction of sp³-hybridized carbons (Fsp3) is 0.500. The van der Waals surface area contributed by atoms with Crippen molar-refractivity contribution in [2.45, 2.75) is 47.7 Å². The Hall–Kier alpha value is -2.96. The van der Waals surface area contributed by atoms with Crippen molar-refractivity contribution in [3.05, 3.63) is 47.4 Å². The number of ether oxygens (including phenoxy) is 2. The van der Waals surface area contributed by atoms with Crippen molar-refractivity contribution in [3.8, 4) is 11.5 Å². The van der Waals surface area contributed by atoms with Gasteiger partial charge in [0.2, 0.25) is 18.6 Å². The van der Waals surface area contributed by atoms with E-state index in [0.29, 0.717) is 36.9 Å². The number of carbonyl (C=O) groups excluding carboxylic acids is 2. The van der Waals surface area contributed by atoms with Gasteiger partial charge < -0.3 is 23.7 Å². The maximum atomic E-state index is 13.3. The molecular formula is C24H32N2O5. The fourth-order valence-electron chi connectivity index (χ4n) is 3.55. The number of rotatable bonds is 9. The second-order valence-electron chi connectivity index (χ2n) is 8.72. The first kappa shape index (κ1) is 22.7. The van der Waals surface area contributed by atoms with E-state index in [1.54, 1.807) is 9.80 Å². The van der Waals surface area contributed by atoms with Gasteiger partial charge in [-0.2, -0.15) is 0 Å². The molecule has 1 aromatic heterocycles. The molecule has 31 heavy (non-hydrogen) atoms. The van der Waals surface area contributed by atoms with Gasteiger partial charge in [0.05, 0.1) is 13.1 Å². The smallest absolute Gasteiger partial charge is 0.242 e. The van der Waals surface area contributed by atoms with E-state index in [9.17, 15) is 9.59 Å². The highest BCUT2D eigenvalue weighted by Gasteiger charge is 2.25. The summed E-state index contributed by atoms with van der Waals surface area (Å²) in [4.78, 5) is 29.4. The number of hydrogen-bond acceptors (Lipinski definition) is 5. The quantitative estimate of drug-likeness (QED) is 0.604. The Labute approximate surface area is 183 Å². The largest absolute Gasteiger partial charge is 0.464 e. The number of fused-ring (bicyclic) bond motifs is 1. The summed E-state index contributed by atoms with van der Waals surface area (Å²) in [5.41, 5.74) is 0.923. The standard InChI is InChI=1S/C24H32N2O5/c1-16(2)11-26(24(28)17(3)4)14-23(27)25(13-20-8-6-18(5)31-20)12-19-7-9-21-22(10-19)30-15-29-21/h6-10,16-17H,11-15H2,1-5H3. The lowest BCUT2D eigenvalue weighted by molar-refractivity contribution is -0.143. The number of hydrogen-bond donors (Lipinski definition) is 0. The van der Waals surface area contributed by atoms with Gasteiger partial charge in [-0.3, -0.25) is 9.59 Å². The number of furan rings is 1. The summed E-state index contributed by atoms with van der Waals surface area (Å²) in [6, 6.07) is 9.42. The van der Waals surface area contributed by atoms with Crippen LogP contribution in [-0.2, 0) is 22.7 Å². The minimum Gasteiger partial charge on any atom is -0.464 e. The number of nitrogens with zero attached hydrogens (tertiary/aromatic N) is 2. The number of carbonyl (C=O) groups is 2. The van der Waals surface area contributed by atoms with Crippen LogP contribution >= 0.6 is 0 Å². The van der Waals surface area contributed by atoms with Crippen molar-refractivity contribution >= 4 is 11.8 Å². The maximum Gasteiger partial charge on any atom is 0.242 e. The topological polar surface area (TPSA) is 72.2 Å². The molecule has 0 aliphatic carbocycles. The zero-order valence-electron chi connectivity index (χ0n) is 19.0. The lowest BCUT2D eigenvalue weighted by Gasteiger charge is -2.29. The summed E-state index contributed by atoms with van der Waals surface area (Å²) in [6.07, 6.45) is 0. The molecule has 0 radical (unpaired) electrons. The Bertz CT molecular complexity index is 918. The molecule has 0 N–H and O–H groups in total. The summed E-state index contributed by atoms with van der Waals surface area (Å²) in [5, 5.41) is 0. The van der Waals surface area contributed by atoms with E-state index in [4.69, 9.17) is 13.9 Å². The highest BCUT2D eigenvalue weighted by atomic mass is 16.7. The Balaban J connectivity index is 1.80. The number of amides is 2. The van der Waals surface area contributed by atoms with Gasteiger partial charge in [-0.25, -0.2) is 0 Å². The molecule has 7 heteroatoms. The molecule has 0 saturated heterocycles. The van der Waals surface area contributed by atoms with Crippen molar-refractivity contribution in [1.82, 2.24) is 9.80 Å². The van der Waals surface area contributed by atoms with Crippen LogP contribution in [0.2, 0.25) is 0 Å². The van der Waals surface area contributed by atoms with E-state index >= 15 is 0 Å². The first-order valence-electron chi connectivity index (χ1n) is 10.7. The molecule has 0 saturated carbocycles. The predicted octanol–water partition coefficient (Wildman–Crippen LogP) is 3.99. The monoisotopic (exact) mass is 428 g/mol. The van der Waals surface area contributed by atoms with Gasteiger partial charge in [-0.05, 0) is 42.7 Å². The molecule has 0 spiro atoms. The molecule has 0 fully saturated rings. The van der Waals surface area contributed by atoms with Gasteiger partial charge in [0, 0.05) is 19.0 Å². The molecule has 2 heterocycles. The summed E-state index contributed by atoms with van der Waals surface area (Å²) in [5.74, 6) is 2.84. The third-order valence-electron chi connectivity index (χ3n) is 5.02. The minimum atomic E-state index is -0.165. The first-order valence-corrected chi connectivity index (χ1v) is 10.7. The summed E-state index contributed by atoms with van der Waals surface area (Å²) >= 11 is 0. The molecule has 0 atom stereocenters. The molecule has 7 nitrogen and oxygen atoms in total. The van der Waals surface area contributed by atoms with Gasteiger partial charge >= 0.3 is 0 Å². The van der Waals surface area contributed by atoms with Crippen LogP contribution in [0.15, 0.2) is 34.7 Å². The van der Waals surface area contributed by atoms with Crippen LogP contribution in [0.25, 0.3) is 0 Å². The summed E-state index contributed by atoms with van der Waals surface area (Å²) in [6.45, 7) is 11.2. The van der Waals surface area contributed by atoms with Gasteiger partial charge in [0.15, 0.2) is 11.5 Å². The second kappa shape index (κ2) is 9.90. The normalized spacial score (nSPS) is 12.5. The van der Waals surface area contributed by atoms with Gasteiger partial charge in [0.1, 0.15) is 11.5 Å². The second-order valence-corrected chi connectivity index (χ2v) is 8.72. The zero-order chi connectivity index (χ0) is 22.5. The van der Waals surface area contributed by atoms with E-state index in [1.807, 2.05) is 65.0 Å². The van der Waals surface area contributed by atoms with Crippen LogP contribution in [-0.4, -0.2) is 41.5 Å². The molecule has 2 amide bonds. The molecule has 2 aromatic rings. The Morgan fingerprint density at radius 1 is 0.968 bits per heavy atom. The van der Waals surface area contributed by atoms with Crippen LogP contribution in [0.1, 0.15) is 44.8 Å². The SMILES string of the molecule is Cc1ccc(CN(Cc2ccc3c(c2)OCO3)C(=O)CN(CC(C)C)C(=O)C(C)C)o1. The van der Waals surface area contributed by atoms with E-state index < -0.39 is 0 Å². The van der Waals surface area contributed by atoms with E-state index in [-0.39, 0.29) is 37.0 Å².